The highest BCUT2D eigenvalue weighted by atomic mass is 16.6. The van der Waals surface area contributed by atoms with Crippen LogP contribution in [0.3, 0.4) is 0 Å². The fourth-order valence-corrected chi connectivity index (χ4v) is 1.34. The minimum absolute atomic E-state index is 0.351. The van der Waals surface area contributed by atoms with Crippen LogP contribution in [0.15, 0.2) is 18.5 Å². The molecule has 98 valence electrons. The van der Waals surface area contributed by atoms with Gasteiger partial charge in [0.05, 0.1) is 6.54 Å². The molecule has 0 aromatic carbocycles. The van der Waals surface area contributed by atoms with E-state index in [1.165, 1.54) is 11.1 Å². The second-order valence-corrected chi connectivity index (χ2v) is 5.08. The van der Waals surface area contributed by atoms with E-state index in [-0.39, 0.29) is 0 Å². The van der Waals surface area contributed by atoms with Crippen molar-refractivity contribution in [2.75, 3.05) is 7.05 Å². The quantitative estimate of drug-likeness (QED) is 0.772. The average molecular weight is 250 g/mol. The van der Waals surface area contributed by atoms with E-state index in [2.05, 4.69) is 4.98 Å². The highest BCUT2D eigenvalue weighted by Gasteiger charge is 2.19. The van der Waals surface area contributed by atoms with Gasteiger partial charge < -0.3 is 9.64 Å². The molecule has 0 spiro atoms. The van der Waals surface area contributed by atoms with Crippen molar-refractivity contribution < 1.29 is 14.3 Å². The molecule has 1 heterocycles. The van der Waals surface area contributed by atoms with Gasteiger partial charge in [-0.05, 0) is 32.4 Å². The SMILES string of the molecule is CN(Cc1cncc(C=O)c1)C(=O)OC(C)(C)C. The lowest BCUT2D eigenvalue weighted by atomic mass is 10.2. The zero-order chi connectivity index (χ0) is 13.8. The molecule has 5 nitrogen and oxygen atoms in total. The summed E-state index contributed by atoms with van der Waals surface area (Å²) < 4.78 is 5.23. The molecule has 0 atom stereocenters. The van der Waals surface area contributed by atoms with Crippen molar-refractivity contribution >= 4 is 12.4 Å². The number of nitrogens with zero attached hydrogens (tertiary/aromatic N) is 2. The molecule has 0 saturated carbocycles. The van der Waals surface area contributed by atoms with Crippen LogP contribution in [0.5, 0.6) is 0 Å². The Bertz CT molecular complexity index is 438. The van der Waals surface area contributed by atoms with Crippen molar-refractivity contribution in [2.24, 2.45) is 0 Å². The largest absolute Gasteiger partial charge is 0.444 e. The first-order valence-electron chi connectivity index (χ1n) is 5.65. The van der Waals surface area contributed by atoms with Gasteiger partial charge in [0.25, 0.3) is 0 Å². The van der Waals surface area contributed by atoms with E-state index in [9.17, 15) is 9.59 Å². The van der Waals surface area contributed by atoms with Crippen LogP contribution in [0.4, 0.5) is 4.79 Å². The van der Waals surface area contributed by atoms with Gasteiger partial charge in [-0.3, -0.25) is 9.78 Å². The summed E-state index contributed by atoms with van der Waals surface area (Å²) in [5, 5.41) is 0. The van der Waals surface area contributed by atoms with Gasteiger partial charge in [-0.1, -0.05) is 0 Å². The zero-order valence-electron chi connectivity index (χ0n) is 11.1. The number of pyridine rings is 1. The standard InChI is InChI=1S/C13H18N2O3/c1-13(2,3)18-12(17)15(4)8-10-5-11(9-16)7-14-6-10/h5-7,9H,8H2,1-4H3. The highest BCUT2D eigenvalue weighted by molar-refractivity contribution is 5.74. The molecule has 1 aromatic heterocycles. The normalized spacial score (nSPS) is 10.9. The summed E-state index contributed by atoms with van der Waals surface area (Å²) in [6.07, 6.45) is 3.42. The molecule has 0 N–H and O–H groups in total. The predicted octanol–water partition coefficient (Wildman–Crippen LogP) is 2.26. The average Bonchev–Trinajstić information content (AvgIpc) is 2.27. The molecule has 5 heteroatoms. The number of rotatable bonds is 3. The van der Waals surface area contributed by atoms with Gasteiger partial charge in [0.1, 0.15) is 5.60 Å². The Morgan fingerprint density at radius 2 is 2.11 bits per heavy atom. The first-order chi connectivity index (χ1) is 8.31. The topological polar surface area (TPSA) is 59.5 Å². The molecule has 0 saturated heterocycles. The van der Waals surface area contributed by atoms with Crippen LogP contribution in [0.2, 0.25) is 0 Å². The number of carbonyl (C=O) groups is 2. The second-order valence-electron chi connectivity index (χ2n) is 5.08. The lowest BCUT2D eigenvalue weighted by Gasteiger charge is -2.24. The smallest absolute Gasteiger partial charge is 0.410 e. The number of hydrogen-bond donors (Lipinski definition) is 0. The molecule has 0 radical (unpaired) electrons. The van der Waals surface area contributed by atoms with E-state index in [0.717, 1.165) is 11.8 Å². The van der Waals surface area contributed by atoms with Crippen LogP contribution in [-0.2, 0) is 11.3 Å². The van der Waals surface area contributed by atoms with Crippen LogP contribution in [0.25, 0.3) is 0 Å². The summed E-state index contributed by atoms with van der Waals surface area (Å²) in [5.41, 5.74) is 0.756. The van der Waals surface area contributed by atoms with Gasteiger partial charge in [-0.15, -0.1) is 0 Å². The highest BCUT2D eigenvalue weighted by Crippen LogP contribution is 2.11. The molecule has 0 aliphatic carbocycles. The van der Waals surface area contributed by atoms with E-state index in [1.807, 2.05) is 20.8 Å². The number of hydrogen-bond acceptors (Lipinski definition) is 4. The van der Waals surface area contributed by atoms with Gasteiger partial charge in [0, 0.05) is 25.0 Å². The van der Waals surface area contributed by atoms with Crippen molar-refractivity contribution in [1.82, 2.24) is 9.88 Å². The second kappa shape index (κ2) is 5.62. The predicted molar refractivity (Wildman–Crippen MR) is 67.3 cm³/mol. The van der Waals surface area contributed by atoms with E-state index >= 15 is 0 Å². The molecule has 0 aliphatic heterocycles. The van der Waals surface area contributed by atoms with Gasteiger partial charge in [0.2, 0.25) is 0 Å². The van der Waals surface area contributed by atoms with Crippen LogP contribution >= 0.6 is 0 Å². The summed E-state index contributed by atoms with van der Waals surface area (Å²) in [6, 6.07) is 1.70. The first kappa shape index (κ1) is 14.2. The monoisotopic (exact) mass is 250 g/mol. The molecule has 1 rings (SSSR count). The van der Waals surface area contributed by atoms with Crippen molar-refractivity contribution in [3.8, 4) is 0 Å². The van der Waals surface area contributed by atoms with Crippen LogP contribution in [0.1, 0.15) is 36.7 Å². The van der Waals surface area contributed by atoms with E-state index in [4.69, 9.17) is 4.74 Å². The van der Waals surface area contributed by atoms with Crippen LogP contribution in [0, 0.1) is 0 Å². The summed E-state index contributed by atoms with van der Waals surface area (Å²) in [6.45, 7) is 5.79. The maximum atomic E-state index is 11.7. The minimum atomic E-state index is -0.520. The number of aromatic nitrogens is 1. The fourth-order valence-electron chi connectivity index (χ4n) is 1.34. The molecular formula is C13H18N2O3. The number of carbonyl (C=O) groups excluding carboxylic acids is 2. The first-order valence-corrected chi connectivity index (χ1v) is 5.65. The Morgan fingerprint density at radius 3 is 2.67 bits per heavy atom. The third-order valence-corrected chi connectivity index (χ3v) is 2.08. The third-order valence-electron chi connectivity index (χ3n) is 2.08. The van der Waals surface area contributed by atoms with E-state index < -0.39 is 11.7 Å². The van der Waals surface area contributed by atoms with Gasteiger partial charge in [-0.2, -0.15) is 0 Å². The molecule has 0 fully saturated rings. The number of amides is 1. The summed E-state index contributed by atoms with van der Waals surface area (Å²) >= 11 is 0. The fraction of sp³-hybridized carbons (Fsp3) is 0.462. The lowest BCUT2D eigenvalue weighted by molar-refractivity contribution is 0.0285. The minimum Gasteiger partial charge on any atom is -0.444 e. The number of ether oxygens (including phenoxy) is 1. The summed E-state index contributed by atoms with van der Waals surface area (Å²) in [7, 11) is 1.64. The molecule has 1 aromatic rings. The van der Waals surface area contributed by atoms with Gasteiger partial charge in [-0.25, -0.2) is 4.79 Å². The Balaban J connectivity index is 2.66. The maximum Gasteiger partial charge on any atom is 0.410 e. The molecule has 0 aliphatic rings. The van der Waals surface area contributed by atoms with E-state index in [1.54, 1.807) is 19.3 Å². The zero-order valence-corrected chi connectivity index (χ0v) is 11.1. The Hall–Kier alpha value is -1.91. The number of aldehydes is 1. The summed E-state index contributed by atoms with van der Waals surface area (Å²) in [4.78, 5) is 27.7. The Morgan fingerprint density at radius 1 is 1.44 bits per heavy atom. The molecule has 0 unspecified atom stereocenters. The Labute approximate surface area is 107 Å². The lowest BCUT2D eigenvalue weighted by Crippen LogP contribution is -2.33. The molecule has 18 heavy (non-hydrogen) atoms. The van der Waals surface area contributed by atoms with E-state index in [0.29, 0.717) is 12.1 Å². The molecular weight excluding hydrogens is 232 g/mol. The van der Waals surface area contributed by atoms with Crippen molar-refractivity contribution in [1.29, 1.82) is 0 Å². The molecule has 1 amide bonds. The van der Waals surface area contributed by atoms with Crippen molar-refractivity contribution in [3.05, 3.63) is 29.6 Å². The third kappa shape index (κ3) is 4.53. The summed E-state index contributed by atoms with van der Waals surface area (Å²) in [5.74, 6) is 0. The van der Waals surface area contributed by atoms with Gasteiger partial charge >= 0.3 is 6.09 Å². The van der Waals surface area contributed by atoms with Gasteiger partial charge in [0.15, 0.2) is 6.29 Å². The molecule has 0 bridgehead atoms. The van der Waals surface area contributed by atoms with Crippen LogP contribution < -0.4 is 0 Å². The maximum absolute atomic E-state index is 11.7. The van der Waals surface area contributed by atoms with Crippen molar-refractivity contribution in [3.63, 3.8) is 0 Å². The Kier molecular flexibility index (Phi) is 4.42. The van der Waals surface area contributed by atoms with Crippen molar-refractivity contribution in [2.45, 2.75) is 32.9 Å². The van der Waals surface area contributed by atoms with Crippen LogP contribution in [-0.4, -0.2) is 34.9 Å².